The third kappa shape index (κ3) is 7.22. The maximum Gasteiger partial charge on any atom is 0.262 e. The van der Waals surface area contributed by atoms with Gasteiger partial charge in [0.15, 0.2) is 6.61 Å². The van der Waals surface area contributed by atoms with Gasteiger partial charge in [0, 0.05) is 48.2 Å². The van der Waals surface area contributed by atoms with E-state index in [1.54, 1.807) is 18.2 Å². The summed E-state index contributed by atoms with van der Waals surface area (Å²) in [6.07, 6.45) is 8.00. The maximum absolute atomic E-state index is 13.5. The highest BCUT2D eigenvalue weighted by Crippen LogP contribution is 2.33. The highest BCUT2D eigenvalue weighted by Gasteiger charge is 2.33. The summed E-state index contributed by atoms with van der Waals surface area (Å²) in [6, 6.07) is 20.9. The number of carbonyl (C=O) groups is 3. The molecule has 3 aromatic carbocycles. The Balaban J connectivity index is 1.02. The van der Waals surface area contributed by atoms with Crippen LogP contribution in [-0.2, 0) is 11.3 Å². The van der Waals surface area contributed by atoms with Gasteiger partial charge in [-0.1, -0.05) is 25.0 Å². The molecular formula is C35H41N5O4. The van der Waals surface area contributed by atoms with Gasteiger partial charge in [-0.05, 0) is 105 Å². The third-order valence-electron chi connectivity index (χ3n) is 8.85. The number of ether oxygens (including phenoxy) is 1. The van der Waals surface area contributed by atoms with Crippen LogP contribution in [0.15, 0.2) is 66.7 Å². The molecule has 4 N–H and O–H groups in total. The number of nitrogens with two attached hydrogens (primary N) is 1. The number of benzene rings is 3. The Hall–Kier alpha value is -4.37. The van der Waals surface area contributed by atoms with Gasteiger partial charge in [0.25, 0.3) is 17.7 Å². The SMILES string of the molecule is NCCCCC1CCN(c2ccc(NC(=O)c3ccc(CN(C(=O)c4ccc5c(c4)OCC(=O)N5)C4CC4)cc3)cc2)CC1. The van der Waals surface area contributed by atoms with Crippen LogP contribution < -0.4 is 26.0 Å². The van der Waals surface area contributed by atoms with Crippen LogP contribution in [0.5, 0.6) is 5.75 Å². The summed E-state index contributed by atoms with van der Waals surface area (Å²) >= 11 is 0. The lowest BCUT2D eigenvalue weighted by molar-refractivity contribution is -0.118. The van der Waals surface area contributed by atoms with E-state index in [1.807, 2.05) is 41.3 Å². The highest BCUT2D eigenvalue weighted by molar-refractivity contribution is 6.04. The van der Waals surface area contributed by atoms with E-state index in [1.165, 1.54) is 31.4 Å². The Bertz CT molecular complexity index is 1480. The predicted molar refractivity (Wildman–Crippen MR) is 172 cm³/mol. The number of hydrogen-bond acceptors (Lipinski definition) is 6. The van der Waals surface area contributed by atoms with E-state index >= 15 is 0 Å². The summed E-state index contributed by atoms with van der Waals surface area (Å²) in [5, 5.41) is 5.77. The van der Waals surface area contributed by atoms with E-state index in [-0.39, 0.29) is 30.4 Å². The van der Waals surface area contributed by atoms with Crippen molar-refractivity contribution >= 4 is 34.8 Å². The molecule has 9 heteroatoms. The molecule has 0 bridgehead atoms. The van der Waals surface area contributed by atoms with Crippen molar-refractivity contribution in [2.75, 3.05) is 41.8 Å². The van der Waals surface area contributed by atoms with E-state index in [0.29, 0.717) is 29.1 Å². The summed E-state index contributed by atoms with van der Waals surface area (Å²) in [7, 11) is 0. The average molecular weight is 596 g/mol. The van der Waals surface area contributed by atoms with Gasteiger partial charge in [0.1, 0.15) is 5.75 Å². The van der Waals surface area contributed by atoms with Crippen molar-refractivity contribution in [2.24, 2.45) is 11.7 Å². The fourth-order valence-corrected chi connectivity index (χ4v) is 6.10. The first-order valence-electron chi connectivity index (χ1n) is 15.8. The third-order valence-corrected chi connectivity index (χ3v) is 8.85. The minimum atomic E-state index is -0.206. The highest BCUT2D eigenvalue weighted by atomic mass is 16.5. The van der Waals surface area contributed by atoms with Gasteiger partial charge in [0.05, 0.1) is 5.69 Å². The minimum absolute atomic E-state index is 0.0578. The Morgan fingerprint density at radius 3 is 2.36 bits per heavy atom. The van der Waals surface area contributed by atoms with Crippen molar-refractivity contribution in [1.29, 1.82) is 0 Å². The van der Waals surface area contributed by atoms with Crippen LogP contribution in [0.1, 0.15) is 71.2 Å². The minimum Gasteiger partial charge on any atom is -0.482 e. The molecule has 0 spiro atoms. The van der Waals surface area contributed by atoms with Crippen molar-refractivity contribution in [2.45, 2.75) is 57.5 Å². The topological polar surface area (TPSA) is 117 Å². The molecule has 0 aromatic heterocycles. The number of fused-ring (bicyclic) bond motifs is 1. The molecule has 2 fully saturated rings. The first-order valence-corrected chi connectivity index (χ1v) is 15.8. The van der Waals surface area contributed by atoms with Crippen LogP contribution >= 0.6 is 0 Å². The van der Waals surface area contributed by atoms with E-state index < -0.39 is 0 Å². The van der Waals surface area contributed by atoms with Gasteiger partial charge in [-0.3, -0.25) is 14.4 Å². The quantitative estimate of drug-likeness (QED) is 0.255. The Morgan fingerprint density at radius 2 is 1.66 bits per heavy atom. The first-order chi connectivity index (χ1) is 21.5. The summed E-state index contributed by atoms with van der Waals surface area (Å²) in [4.78, 5) is 42.3. The Kier molecular flexibility index (Phi) is 9.12. The normalized spacial score (nSPS) is 16.5. The molecule has 3 amide bonds. The molecule has 2 heterocycles. The number of rotatable bonds is 11. The molecule has 230 valence electrons. The molecule has 6 rings (SSSR count). The Morgan fingerprint density at radius 1 is 0.932 bits per heavy atom. The molecule has 44 heavy (non-hydrogen) atoms. The zero-order valence-electron chi connectivity index (χ0n) is 25.1. The van der Waals surface area contributed by atoms with Gasteiger partial charge in [-0.2, -0.15) is 0 Å². The number of amides is 3. The molecule has 1 saturated heterocycles. The van der Waals surface area contributed by atoms with Crippen molar-refractivity contribution < 1.29 is 19.1 Å². The molecule has 9 nitrogen and oxygen atoms in total. The van der Waals surface area contributed by atoms with Gasteiger partial charge in [0.2, 0.25) is 0 Å². The molecule has 1 saturated carbocycles. The molecule has 1 aliphatic carbocycles. The van der Waals surface area contributed by atoms with Crippen LogP contribution in [-0.4, -0.2) is 54.9 Å². The molecule has 0 unspecified atom stereocenters. The molecule has 3 aromatic rings. The molecular weight excluding hydrogens is 554 g/mol. The number of nitrogens with one attached hydrogen (secondary N) is 2. The number of unbranched alkanes of at least 4 members (excludes halogenated alkanes) is 1. The zero-order valence-corrected chi connectivity index (χ0v) is 25.1. The average Bonchev–Trinajstić information content (AvgIpc) is 3.90. The lowest BCUT2D eigenvalue weighted by Gasteiger charge is -2.33. The molecule has 2 aliphatic heterocycles. The van der Waals surface area contributed by atoms with E-state index in [4.69, 9.17) is 10.5 Å². The fourth-order valence-electron chi connectivity index (χ4n) is 6.10. The van der Waals surface area contributed by atoms with Crippen LogP contribution in [0.25, 0.3) is 0 Å². The number of hydrogen-bond donors (Lipinski definition) is 3. The summed E-state index contributed by atoms with van der Waals surface area (Å²) in [6.45, 7) is 3.31. The number of anilines is 3. The van der Waals surface area contributed by atoms with Crippen LogP contribution in [0.2, 0.25) is 0 Å². The lowest BCUT2D eigenvalue weighted by atomic mass is 9.91. The smallest absolute Gasteiger partial charge is 0.262 e. The molecule has 3 aliphatic rings. The van der Waals surface area contributed by atoms with Crippen LogP contribution in [0, 0.1) is 5.92 Å². The van der Waals surface area contributed by atoms with Crippen LogP contribution in [0.4, 0.5) is 17.1 Å². The maximum atomic E-state index is 13.5. The van der Waals surface area contributed by atoms with Crippen LogP contribution in [0.3, 0.4) is 0 Å². The zero-order chi connectivity index (χ0) is 30.5. The van der Waals surface area contributed by atoms with Gasteiger partial charge < -0.3 is 30.9 Å². The standard InChI is InChI=1S/C35H41N5O4/c36-18-2-1-3-24-16-19-39(20-17-24)29-11-9-28(10-12-29)37-34(42)26-6-4-25(5-7-26)22-40(30-13-14-30)35(43)27-8-15-31-32(21-27)44-23-33(41)38-31/h4-12,15,21,24,30H,1-3,13-14,16-20,22-23,36H2,(H,37,42)(H,38,41). The number of carbonyl (C=O) groups excluding carboxylic acids is 3. The van der Waals surface area contributed by atoms with Crippen molar-refractivity contribution in [1.82, 2.24) is 4.90 Å². The second kappa shape index (κ2) is 13.5. The second-order valence-corrected chi connectivity index (χ2v) is 12.1. The summed E-state index contributed by atoms with van der Waals surface area (Å²) in [5.41, 5.74) is 10.2. The van der Waals surface area contributed by atoms with Gasteiger partial charge >= 0.3 is 0 Å². The van der Waals surface area contributed by atoms with Crippen molar-refractivity contribution in [3.8, 4) is 5.75 Å². The van der Waals surface area contributed by atoms with Gasteiger partial charge in [-0.25, -0.2) is 0 Å². The molecule has 0 atom stereocenters. The van der Waals surface area contributed by atoms with Crippen molar-refractivity contribution in [3.63, 3.8) is 0 Å². The van der Waals surface area contributed by atoms with Crippen molar-refractivity contribution in [3.05, 3.63) is 83.4 Å². The fraction of sp³-hybridized carbons (Fsp3) is 0.400. The second-order valence-electron chi connectivity index (χ2n) is 12.1. The van der Waals surface area contributed by atoms with E-state index in [2.05, 4.69) is 27.7 Å². The number of nitrogens with zero attached hydrogens (tertiary/aromatic N) is 2. The lowest BCUT2D eigenvalue weighted by Crippen LogP contribution is -2.33. The Labute approximate surface area is 258 Å². The summed E-state index contributed by atoms with van der Waals surface area (Å²) < 4.78 is 5.50. The van der Waals surface area contributed by atoms with E-state index in [9.17, 15) is 14.4 Å². The molecule has 0 radical (unpaired) electrons. The van der Waals surface area contributed by atoms with Gasteiger partial charge in [-0.15, -0.1) is 0 Å². The number of piperidine rings is 1. The van der Waals surface area contributed by atoms with E-state index in [0.717, 1.165) is 56.1 Å². The predicted octanol–water partition coefficient (Wildman–Crippen LogP) is 5.42. The largest absolute Gasteiger partial charge is 0.482 e. The monoisotopic (exact) mass is 595 g/mol. The summed E-state index contributed by atoms with van der Waals surface area (Å²) in [5.74, 6) is 0.857. The first kappa shape index (κ1) is 29.7.